The van der Waals surface area contributed by atoms with Crippen molar-refractivity contribution in [3.8, 4) is 11.3 Å². The van der Waals surface area contributed by atoms with Crippen molar-refractivity contribution >= 4 is 0 Å². The minimum Gasteiger partial charge on any atom is -0.252 e. The molecule has 3 heteroatoms. The summed E-state index contributed by atoms with van der Waals surface area (Å²) in [5.41, 5.74) is 2.07. The number of nitrogens with zero attached hydrogens (tertiary/aromatic N) is 3. The number of aromatic nitrogens is 3. The van der Waals surface area contributed by atoms with Crippen molar-refractivity contribution < 1.29 is 0 Å². The maximum Gasteiger partial charge on any atom is 0.113 e. The summed E-state index contributed by atoms with van der Waals surface area (Å²) < 4.78 is 1.93. The summed E-state index contributed by atoms with van der Waals surface area (Å²) in [5, 5.41) is 8.33. The van der Waals surface area contributed by atoms with Crippen LogP contribution < -0.4 is 0 Å². The van der Waals surface area contributed by atoms with E-state index in [1.165, 1.54) is 6.42 Å². The third kappa shape index (κ3) is 2.48. The maximum atomic E-state index is 4.19. The lowest BCUT2D eigenvalue weighted by Gasteiger charge is -2.06. The molecule has 0 aliphatic rings. The van der Waals surface area contributed by atoms with E-state index >= 15 is 0 Å². The Morgan fingerprint density at radius 1 is 1.25 bits per heavy atom. The molecule has 0 saturated heterocycles. The highest BCUT2D eigenvalue weighted by atomic mass is 15.4. The van der Waals surface area contributed by atoms with Gasteiger partial charge in [-0.25, -0.2) is 0 Å². The summed E-state index contributed by atoms with van der Waals surface area (Å²) in [6, 6.07) is 10.1. The SMILES string of the molecule is CC[C@H](C)Cn1cc(-c2ccccc2)nn1. The van der Waals surface area contributed by atoms with Crippen LogP contribution in [0.5, 0.6) is 0 Å². The molecule has 16 heavy (non-hydrogen) atoms. The van der Waals surface area contributed by atoms with E-state index in [2.05, 4.69) is 36.3 Å². The first-order valence-corrected chi connectivity index (χ1v) is 5.75. The third-order valence-corrected chi connectivity index (χ3v) is 2.80. The highest BCUT2D eigenvalue weighted by Gasteiger charge is 2.05. The van der Waals surface area contributed by atoms with Gasteiger partial charge in [0.15, 0.2) is 0 Å². The van der Waals surface area contributed by atoms with Crippen molar-refractivity contribution in [2.45, 2.75) is 26.8 Å². The first-order chi connectivity index (χ1) is 7.79. The Hall–Kier alpha value is -1.64. The second kappa shape index (κ2) is 4.92. The molecule has 0 unspecified atom stereocenters. The molecule has 1 heterocycles. The summed E-state index contributed by atoms with van der Waals surface area (Å²) in [6.45, 7) is 5.36. The lowest BCUT2D eigenvalue weighted by Crippen LogP contribution is -2.06. The molecule has 0 N–H and O–H groups in total. The van der Waals surface area contributed by atoms with E-state index in [-0.39, 0.29) is 0 Å². The van der Waals surface area contributed by atoms with Crippen molar-refractivity contribution in [3.05, 3.63) is 36.5 Å². The Labute approximate surface area is 96.1 Å². The molecule has 1 atom stereocenters. The molecule has 1 aromatic carbocycles. The van der Waals surface area contributed by atoms with Gasteiger partial charge in [-0.15, -0.1) is 5.10 Å². The Kier molecular flexibility index (Phi) is 3.34. The summed E-state index contributed by atoms with van der Waals surface area (Å²) in [5.74, 6) is 0.644. The number of benzene rings is 1. The Balaban J connectivity index is 2.14. The normalized spacial score (nSPS) is 12.6. The van der Waals surface area contributed by atoms with Gasteiger partial charge >= 0.3 is 0 Å². The van der Waals surface area contributed by atoms with Crippen LogP contribution in [0.4, 0.5) is 0 Å². The van der Waals surface area contributed by atoms with E-state index in [9.17, 15) is 0 Å². The summed E-state index contributed by atoms with van der Waals surface area (Å²) in [7, 11) is 0. The van der Waals surface area contributed by atoms with Gasteiger partial charge in [-0.05, 0) is 5.92 Å². The molecular formula is C13H17N3. The van der Waals surface area contributed by atoms with E-state index in [1.807, 2.05) is 29.1 Å². The Bertz CT molecular complexity index is 433. The fourth-order valence-corrected chi connectivity index (χ4v) is 1.58. The zero-order valence-electron chi connectivity index (χ0n) is 9.80. The van der Waals surface area contributed by atoms with Crippen LogP contribution in [0.25, 0.3) is 11.3 Å². The van der Waals surface area contributed by atoms with Crippen molar-refractivity contribution in [2.75, 3.05) is 0 Å². The van der Waals surface area contributed by atoms with Crippen LogP contribution >= 0.6 is 0 Å². The molecule has 0 amide bonds. The molecule has 2 rings (SSSR count). The maximum absolute atomic E-state index is 4.19. The predicted molar refractivity (Wildman–Crippen MR) is 64.9 cm³/mol. The largest absolute Gasteiger partial charge is 0.252 e. The van der Waals surface area contributed by atoms with Gasteiger partial charge in [-0.1, -0.05) is 55.8 Å². The van der Waals surface area contributed by atoms with Crippen molar-refractivity contribution in [2.24, 2.45) is 5.92 Å². The zero-order chi connectivity index (χ0) is 11.4. The minimum atomic E-state index is 0.644. The second-order valence-electron chi connectivity index (χ2n) is 4.21. The smallest absolute Gasteiger partial charge is 0.113 e. The van der Waals surface area contributed by atoms with Crippen LogP contribution in [-0.4, -0.2) is 15.0 Å². The molecule has 0 bridgehead atoms. The topological polar surface area (TPSA) is 30.7 Å². The first-order valence-electron chi connectivity index (χ1n) is 5.75. The van der Waals surface area contributed by atoms with Gasteiger partial charge in [0, 0.05) is 12.1 Å². The first kappa shape index (κ1) is 10.9. The van der Waals surface area contributed by atoms with Gasteiger partial charge in [0.1, 0.15) is 5.69 Å². The van der Waals surface area contributed by atoms with Gasteiger partial charge in [0.25, 0.3) is 0 Å². The molecule has 0 radical (unpaired) electrons. The number of hydrogen-bond acceptors (Lipinski definition) is 2. The van der Waals surface area contributed by atoms with E-state index in [1.54, 1.807) is 0 Å². The fraction of sp³-hybridized carbons (Fsp3) is 0.385. The second-order valence-corrected chi connectivity index (χ2v) is 4.21. The molecule has 0 aliphatic heterocycles. The average Bonchev–Trinajstić information content (AvgIpc) is 2.78. The van der Waals surface area contributed by atoms with Crippen LogP contribution in [0.3, 0.4) is 0 Å². The van der Waals surface area contributed by atoms with Gasteiger partial charge < -0.3 is 0 Å². The highest BCUT2D eigenvalue weighted by Crippen LogP contribution is 2.15. The molecule has 1 aromatic heterocycles. The van der Waals surface area contributed by atoms with E-state index < -0.39 is 0 Å². The van der Waals surface area contributed by atoms with Crippen LogP contribution in [0.2, 0.25) is 0 Å². The van der Waals surface area contributed by atoms with E-state index in [4.69, 9.17) is 0 Å². The minimum absolute atomic E-state index is 0.644. The third-order valence-electron chi connectivity index (χ3n) is 2.80. The van der Waals surface area contributed by atoms with Crippen molar-refractivity contribution in [1.29, 1.82) is 0 Å². The molecular weight excluding hydrogens is 198 g/mol. The Morgan fingerprint density at radius 3 is 2.69 bits per heavy atom. The molecule has 2 aromatic rings. The lowest BCUT2D eigenvalue weighted by molar-refractivity contribution is 0.431. The number of hydrogen-bond donors (Lipinski definition) is 0. The summed E-state index contributed by atoms with van der Waals surface area (Å²) >= 11 is 0. The Morgan fingerprint density at radius 2 is 2.00 bits per heavy atom. The van der Waals surface area contributed by atoms with Gasteiger partial charge in [-0.3, -0.25) is 4.68 Å². The standard InChI is InChI=1S/C13H17N3/c1-3-11(2)9-16-10-13(14-15-16)12-7-5-4-6-8-12/h4-8,10-11H,3,9H2,1-2H3/t11-/m0/s1. The molecule has 84 valence electrons. The van der Waals surface area contributed by atoms with E-state index in [0.29, 0.717) is 5.92 Å². The quantitative estimate of drug-likeness (QED) is 0.785. The van der Waals surface area contributed by atoms with Crippen LogP contribution in [0, 0.1) is 5.92 Å². The lowest BCUT2D eigenvalue weighted by atomic mass is 10.1. The van der Waals surface area contributed by atoms with Gasteiger partial charge in [0.2, 0.25) is 0 Å². The van der Waals surface area contributed by atoms with Crippen molar-refractivity contribution in [1.82, 2.24) is 15.0 Å². The zero-order valence-corrected chi connectivity index (χ0v) is 9.80. The summed E-state index contributed by atoms with van der Waals surface area (Å²) in [6.07, 6.45) is 3.18. The molecule has 3 nitrogen and oxygen atoms in total. The van der Waals surface area contributed by atoms with Crippen molar-refractivity contribution in [3.63, 3.8) is 0 Å². The molecule has 0 spiro atoms. The van der Waals surface area contributed by atoms with Crippen LogP contribution in [0.15, 0.2) is 36.5 Å². The molecule has 0 aliphatic carbocycles. The van der Waals surface area contributed by atoms with Crippen LogP contribution in [-0.2, 0) is 6.54 Å². The number of rotatable bonds is 4. The molecule has 0 fully saturated rings. The summed E-state index contributed by atoms with van der Waals surface area (Å²) in [4.78, 5) is 0. The van der Waals surface area contributed by atoms with Gasteiger partial charge in [-0.2, -0.15) is 0 Å². The average molecular weight is 215 g/mol. The monoisotopic (exact) mass is 215 g/mol. The fourth-order valence-electron chi connectivity index (χ4n) is 1.58. The predicted octanol–water partition coefficient (Wildman–Crippen LogP) is 2.99. The van der Waals surface area contributed by atoms with E-state index in [0.717, 1.165) is 17.8 Å². The van der Waals surface area contributed by atoms with Gasteiger partial charge in [0.05, 0.1) is 6.20 Å². The highest BCUT2D eigenvalue weighted by molar-refractivity contribution is 5.56. The van der Waals surface area contributed by atoms with Crippen LogP contribution in [0.1, 0.15) is 20.3 Å². The molecule has 0 saturated carbocycles.